The summed E-state index contributed by atoms with van der Waals surface area (Å²) >= 11 is 4.64. The Morgan fingerprint density at radius 1 is 1.10 bits per heavy atom. The minimum Gasteiger partial charge on any atom is -0.318 e. The van der Waals surface area contributed by atoms with Crippen molar-refractivity contribution in [1.29, 1.82) is 0 Å². The molecule has 0 saturated carbocycles. The van der Waals surface area contributed by atoms with E-state index in [0.29, 0.717) is 18.5 Å². The number of likely N-dealkylation sites (N-methyl/N-ethyl adjacent to an activating group) is 1. The molecule has 2 aliphatic rings. The van der Waals surface area contributed by atoms with Crippen LogP contribution in [-0.4, -0.2) is 82.8 Å². The molecule has 4 heterocycles. The number of nitrogens with one attached hydrogen (secondary N) is 2. The number of hydrogen-bond acceptors (Lipinski definition) is 5. The van der Waals surface area contributed by atoms with Crippen molar-refractivity contribution in [3.05, 3.63) is 59.0 Å². The van der Waals surface area contributed by atoms with Crippen LogP contribution in [0.3, 0.4) is 0 Å². The van der Waals surface area contributed by atoms with Gasteiger partial charge in [0, 0.05) is 43.6 Å². The second-order valence-corrected chi connectivity index (χ2v) is 11.3. The summed E-state index contributed by atoms with van der Waals surface area (Å²) in [6, 6.07) is 9.31. The quantitative estimate of drug-likeness (QED) is 0.294. The van der Waals surface area contributed by atoms with E-state index < -0.39 is 5.67 Å². The summed E-state index contributed by atoms with van der Waals surface area (Å²) in [5, 5.41) is 11.9. The van der Waals surface area contributed by atoms with Crippen molar-refractivity contribution in [2.24, 2.45) is 0 Å². The number of halogens is 2. The average Bonchev–Trinajstić information content (AvgIpc) is 3.47. The second-order valence-electron chi connectivity index (χ2n) is 11.3. The standard InChI is InChI=1S/C29H41FN6.C2H6.CH3Cl/c1-5-22(17-31-4)35-13-10-20(11-14-35)21-6-8-27(32-16-21)28-24-7-9-26-25(18-33-34-26)23(24)12-15-36(28)19-29(2,3)30;2*1-2/h6-9,16,18,20,22,28,31H,5,10-15,17,19H2,1-4H3,(H,33,34);1-2H3;1H3. The van der Waals surface area contributed by atoms with Crippen molar-refractivity contribution in [1.82, 2.24) is 30.3 Å². The van der Waals surface area contributed by atoms with Gasteiger partial charge in [0.15, 0.2) is 0 Å². The van der Waals surface area contributed by atoms with Gasteiger partial charge in [-0.3, -0.25) is 19.9 Å². The highest BCUT2D eigenvalue weighted by Crippen LogP contribution is 2.39. The van der Waals surface area contributed by atoms with E-state index in [0.717, 1.165) is 43.8 Å². The second kappa shape index (κ2) is 15.2. The molecule has 5 rings (SSSR count). The average molecular weight is 573 g/mol. The van der Waals surface area contributed by atoms with E-state index in [-0.39, 0.29) is 6.04 Å². The molecular weight excluding hydrogens is 523 g/mol. The summed E-state index contributed by atoms with van der Waals surface area (Å²) in [5.74, 6) is 0.556. The Bertz CT molecular complexity index is 1150. The first-order chi connectivity index (χ1) is 19.4. The first-order valence-electron chi connectivity index (χ1n) is 15.0. The normalized spacial score (nSPS) is 19.3. The van der Waals surface area contributed by atoms with Gasteiger partial charge in [0.2, 0.25) is 0 Å². The van der Waals surface area contributed by atoms with E-state index in [1.165, 1.54) is 47.7 Å². The third-order valence-corrected chi connectivity index (χ3v) is 8.18. The fourth-order valence-corrected chi connectivity index (χ4v) is 6.39. The largest absolute Gasteiger partial charge is 0.318 e. The molecule has 2 unspecified atom stereocenters. The van der Waals surface area contributed by atoms with E-state index in [1.807, 2.05) is 27.1 Å². The van der Waals surface area contributed by atoms with Crippen LogP contribution in [0.1, 0.15) is 88.2 Å². The molecule has 40 heavy (non-hydrogen) atoms. The molecule has 0 aliphatic carbocycles. The molecule has 0 bridgehead atoms. The number of fused-ring (bicyclic) bond motifs is 3. The number of hydrogen-bond donors (Lipinski definition) is 2. The maximum atomic E-state index is 14.8. The molecule has 0 spiro atoms. The lowest BCUT2D eigenvalue weighted by molar-refractivity contribution is 0.0987. The first-order valence-corrected chi connectivity index (χ1v) is 15.7. The molecule has 0 amide bonds. The number of benzene rings is 1. The third-order valence-electron chi connectivity index (χ3n) is 8.18. The number of H-pyrrole nitrogens is 1. The number of likely N-dealkylation sites (tertiary alicyclic amines) is 1. The van der Waals surface area contributed by atoms with Crippen molar-refractivity contribution in [2.45, 2.75) is 84.0 Å². The SMILES string of the molecule is CC.CCC(CNC)N1CCC(c2ccc(C3c4ccc5[nH]ncc5c4CCN3CC(C)(C)F)nc2)CC1.CCl. The zero-order valence-electron chi connectivity index (χ0n) is 25.6. The monoisotopic (exact) mass is 572 g/mol. The Balaban J connectivity index is 0.00000106. The molecule has 1 aromatic carbocycles. The zero-order chi connectivity index (χ0) is 29.3. The van der Waals surface area contributed by atoms with Gasteiger partial charge in [-0.05, 0) is 94.4 Å². The van der Waals surface area contributed by atoms with Crippen LogP contribution in [0.4, 0.5) is 4.39 Å². The highest BCUT2D eigenvalue weighted by molar-refractivity contribution is 6.15. The fourth-order valence-electron chi connectivity index (χ4n) is 6.39. The van der Waals surface area contributed by atoms with Gasteiger partial charge in [-0.25, -0.2) is 4.39 Å². The molecule has 3 aromatic rings. The Morgan fingerprint density at radius 2 is 1.82 bits per heavy atom. The Labute approximate surface area is 246 Å². The fraction of sp³-hybridized carbons (Fsp3) is 0.625. The molecule has 0 radical (unpaired) electrons. The Kier molecular flexibility index (Phi) is 12.4. The van der Waals surface area contributed by atoms with E-state index >= 15 is 0 Å². The molecule has 2 aliphatic heterocycles. The van der Waals surface area contributed by atoms with Gasteiger partial charge in [-0.15, -0.1) is 11.6 Å². The van der Waals surface area contributed by atoms with E-state index in [1.54, 1.807) is 13.8 Å². The highest BCUT2D eigenvalue weighted by Gasteiger charge is 2.34. The molecule has 2 N–H and O–H groups in total. The van der Waals surface area contributed by atoms with Gasteiger partial charge in [-0.2, -0.15) is 5.10 Å². The van der Waals surface area contributed by atoms with Crippen LogP contribution in [0.15, 0.2) is 36.7 Å². The highest BCUT2D eigenvalue weighted by atomic mass is 35.5. The first kappa shape index (κ1) is 32.5. The van der Waals surface area contributed by atoms with Crippen LogP contribution in [0, 0.1) is 0 Å². The van der Waals surface area contributed by atoms with Crippen LogP contribution in [-0.2, 0) is 6.42 Å². The summed E-state index contributed by atoms with van der Waals surface area (Å²) in [6.45, 7) is 14.1. The number of alkyl halides is 2. The molecule has 2 atom stereocenters. The molecular formula is C32H50ClFN6. The van der Waals surface area contributed by atoms with Gasteiger partial charge in [0.05, 0.1) is 23.4 Å². The molecule has 6 nitrogen and oxygen atoms in total. The van der Waals surface area contributed by atoms with Gasteiger partial charge < -0.3 is 5.32 Å². The maximum absolute atomic E-state index is 14.8. The zero-order valence-corrected chi connectivity index (χ0v) is 26.4. The van der Waals surface area contributed by atoms with Crippen LogP contribution >= 0.6 is 11.6 Å². The molecule has 222 valence electrons. The van der Waals surface area contributed by atoms with Crippen LogP contribution < -0.4 is 5.32 Å². The maximum Gasteiger partial charge on any atom is 0.118 e. The van der Waals surface area contributed by atoms with Crippen molar-refractivity contribution < 1.29 is 4.39 Å². The van der Waals surface area contributed by atoms with Crippen molar-refractivity contribution >= 4 is 22.5 Å². The number of piperidine rings is 1. The lowest BCUT2D eigenvalue weighted by Crippen LogP contribution is -2.45. The number of rotatable bonds is 8. The molecule has 1 fully saturated rings. The summed E-state index contributed by atoms with van der Waals surface area (Å²) in [4.78, 5) is 9.92. The number of nitrogens with zero attached hydrogens (tertiary/aromatic N) is 4. The van der Waals surface area contributed by atoms with Gasteiger partial charge in [0.1, 0.15) is 5.67 Å². The number of pyridine rings is 1. The van der Waals surface area contributed by atoms with Gasteiger partial charge in [-0.1, -0.05) is 32.9 Å². The van der Waals surface area contributed by atoms with Crippen molar-refractivity contribution in [3.8, 4) is 0 Å². The predicted molar refractivity (Wildman–Crippen MR) is 167 cm³/mol. The molecule has 2 aromatic heterocycles. The van der Waals surface area contributed by atoms with E-state index in [9.17, 15) is 4.39 Å². The van der Waals surface area contributed by atoms with Crippen LogP contribution in [0.5, 0.6) is 0 Å². The van der Waals surface area contributed by atoms with Gasteiger partial charge >= 0.3 is 0 Å². The van der Waals surface area contributed by atoms with Crippen molar-refractivity contribution in [2.75, 3.05) is 46.2 Å². The Hall–Kier alpha value is -2.06. The smallest absolute Gasteiger partial charge is 0.118 e. The lowest BCUT2D eigenvalue weighted by Gasteiger charge is -2.39. The van der Waals surface area contributed by atoms with Crippen molar-refractivity contribution in [3.63, 3.8) is 0 Å². The Morgan fingerprint density at radius 3 is 2.42 bits per heavy atom. The topological polar surface area (TPSA) is 60.1 Å². The lowest BCUT2D eigenvalue weighted by atomic mass is 9.86. The van der Waals surface area contributed by atoms with Gasteiger partial charge in [0.25, 0.3) is 0 Å². The minimum absolute atomic E-state index is 0.0502. The summed E-state index contributed by atoms with van der Waals surface area (Å²) in [5.41, 5.74) is 4.66. The van der Waals surface area contributed by atoms with E-state index in [4.69, 9.17) is 4.98 Å². The third kappa shape index (κ3) is 7.61. The summed E-state index contributed by atoms with van der Waals surface area (Å²) in [7, 11) is 2.04. The molecule has 8 heteroatoms. The minimum atomic E-state index is -1.27. The van der Waals surface area contributed by atoms with Crippen LogP contribution in [0.2, 0.25) is 0 Å². The summed E-state index contributed by atoms with van der Waals surface area (Å²) < 4.78 is 14.8. The predicted octanol–water partition coefficient (Wildman–Crippen LogP) is 6.71. The van der Waals surface area contributed by atoms with E-state index in [2.05, 4.69) is 74.3 Å². The number of aromatic amines is 1. The number of aromatic nitrogens is 3. The summed E-state index contributed by atoms with van der Waals surface area (Å²) in [6.07, 6.45) is 9.90. The van der Waals surface area contributed by atoms with Crippen LogP contribution in [0.25, 0.3) is 10.9 Å². The molecule has 1 saturated heterocycles.